The van der Waals surface area contributed by atoms with E-state index in [0.29, 0.717) is 19.6 Å². The summed E-state index contributed by atoms with van der Waals surface area (Å²) in [5.41, 5.74) is 0. The fourth-order valence-corrected chi connectivity index (χ4v) is 1.58. The van der Waals surface area contributed by atoms with E-state index in [1.165, 1.54) is 0 Å². The van der Waals surface area contributed by atoms with Crippen molar-refractivity contribution in [3.63, 3.8) is 0 Å². The van der Waals surface area contributed by atoms with E-state index in [1.54, 1.807) is 4.90 Å². The van der Waals surface area contributed by atoms with Crippen molar-refractivity contribution in [3.8, 4) is 0 Å². The van der Waals surface area contributed by atoms with Crippen molar-refractivity contribution in [3.05, 3.63) is 0 Å². The lowest BCUT2D eigenvalue weighted by Gasteiger charge is -2.13. The van der Waals surface area contributed by atoms with Crippen LogP contribution in [0.15, 0.2) is 0 Å². The number of hydrogen-bond acceptors (Lipinski definition) is 3. The fourth-order valence-electron chi connectivity index (χ4n) is 1.58. The molecule has 1 aliphatic heterocycles. The lowest BCUT2D eigenvalue weighted by Crippen LogP contribution is -2.29. The standard InChI is InChI=1S/C10H20N2O3/c1-9-8-12(10(14)11-9)4-2-6-15-7-3-5-13/h9,13H,2-8H2,1H3,(H,11,14). The summed E-state index contributed by atoms with van der Waals surface area (Å²) in [4.78, 5) is 13.1. The largest absolute Gasteiger partial charge is 0.396 e. The van der Waals surface area contributed by atoms with Crippen LogP contribution in [-0.4, -0.2) is 55.0 Å². The smallest absolute Gasteiger partial charge is 0.317 e. The molecular formula is C10H20N2O3. The summed E-state index contributed by atoms with van der Waals surface area (Å²) in [6.07, 6.45) is 1.53. The average Bonchev–Trinajstić information content (AvgIpc) is 2.51. The van der Waals surface area contributed by atoms with Gasteiger partial charge in [-0.1, -0.05) is 0 Å². The summed E-state index contributed by atoms with van der Waals surface area (Å²) < 4.78 is 5.28. The monoisotopic (exact) mass is 216 g/mol. The zero-order valence-electron chi connectivity index (χ0n) is 9.24. The van der Waals surface area contributed by atoms with Gasteiger partial charge in [0.2, 0.25) is 0 Å². The summed E-state index contributed by atoms with van der Waals surface area (Å²) in [6, 6.07) is 0.283. The number of amides is 2. The molecule has 88 valence electrons. The van der Waals surface area contributed by atoms with Crippen molar-refractivity contribution in [2.45, 2.75) is 25.8 Å². The topological polar surface area (TPSA) is 61.8 Å². The van der Waals surface area contributed by atoms with E-state index in [0.717, 1.165) is 19.5 Å². The van der Waals surface area contributed by atoms with Crippen LogP contribution in [0.5, 0.6) is 0 Å². The third kappa shape index (κ3) is 4.48. The molecule has 0 aromatic rings. The van der Waals surface area contributed by atoms with Crippen molar-refractivity contribution in [2.75, 3.05) is 32.9 Å². The number of ether oxygens (including phenoxy) is 1. The van der Waals surface area contributed by atoms with Gasteiger partial charge in [-0.05, 0) is 19.8 Å². The summed E-state index contributed by atoms with van der Waals surface area (Å²) in [5.74, 6) is 0. The summed E-state index contributed by atoms with van der Waals surface area (Å²) >= 11 is 0. The molecule has 0 spiro atoms. The molecule has 2 N–H and O–H groups in total. The van der Waals surface area contributed by atoms with E-state index < -0.39 is 0 Å². The molecule has 5 heteroatoms. The third-order valence-corrected chi connectivity index (χ3v) is 2.31. The SMILES string of the molecule is CC1CN(CCCOCCCO)C(=O)N1. The number of nitrogens with zero attached hydrogens (tertiary/aromatic N) is 1. The van der Waals surface area contributed by atoms with Crippen LogP contribution in [0.1, 0.15) is 19.8 Å². The van der Waals surface area contributed by atoms with Crippen LogP contribution in [0, 0.1) is 0 Å². The maximum absolute atomic E-state index is 11.3. The Morgan fingerprint density at radius 1 is 1.53 bits per heavy atom. The molecule has 1 saturated heterocycles. The van der Waals surface area contributed by atoms with E-state index in [2.05, 4.69) is 5.32 Å². The second-order valence-corrected chi connectivity index (χ2v) is 3.84. The molecule has 15 heavy (non-hydrogen) atoms. The molecule has 0 saturated carbocycles. The molecule has 5 nitrogen and oxygen atoms in total. The predicted molar refractivity (Wildman–Crippen MR) is 56.7 cm³/mol. The lowest BCUT2D eigenvalue weighted by atomic mass is 10.3. The molecule has 0 aromatic heterocycles. The van der Waals surface area contributed by atoms with Gasteiger partial charge < -0.3 is 20.1 Å². The second kappa shape index (κ2) is 6.63. The highest BCUT2D eigenvalue weighted by Gasteiger charge is 2.24. The number of nitrogens with one attached hydrogen (secondary N) is 1. The van der Waals surface area contributed by atoms with Gasteiger partial charge >= 0.3 is 6.03 Å². The van der Waals surface area contributed by atoms with E-state index in [9.17, 15) is 4.79 Å². The van der Waals surface area contributed by atoms with E-state index in [4.69, 9.17) is 9.84 Å². The molecule has 2 amide bonds. The number of hydrogen-bond donors (Lipinski definition) is 2. The summed E-state index contributed by atoms with van der Waals surface area (Å²) in [5, 5.41) is 11.4. The summed E-state index contributed by atoms with van der Waals surface area (Å²) in [6.45, 7) is 4.95. The van der Waals surface area contributed by atoms with E-state index in [-0.39, 0.29) is 18.7 Å². The molecule has 1 atom stereocenters. The normalized spacial score (nSPS) is 20.8. The van der Waals surface area contributed by atoms with Crippen molar-refractivity contribution < 1.29 is 14.6 Å². The van der Waals surface area contributed by atoms with Crippen LogP contribution in [0.3, 0.4) is 0 Å². The number of carbonyl (C=O) groups excluding carboxylic acids is 1. The number of aliphatic hydroxyl groups is 1. The molecule has 1 fully saturated rings. The van der Waals surface area contributed by atoms with Gasteiger partial charge in [-0.25, -0.2) is 4.79 Å². The molecule has 1 aliphatic rings. The highest BCUT2D eigenvalue weighted by Crippen LogP contribution is 2.03. The average molecular weight is 216 g/mol. The molecule has 1 unspecified atom stereocenters. The molecular weight excluding hydrogens is 196 g/mol. The van der Waals surface area contributed by atoms with Crippen LogP contribution in [0.4, 0.5) is 4.79 Å². The van der Waals surface area contributed by atoms with Crippen LogP contribution < -0.4 is 5.32 Å². The van der Waals surface area contributed by atoms with Crippen LogP contribution in [0.2, 0.25) is 0 Å². The molecule has 0 radical (unpaired) electrons. The maximum atomic E-state index is 11.3. The van der Waals surface area contributed by atoms with Gasteiger partial charge in [0, 0.05) is 39.0 Å². The minimum absolute atomic E-state index is 0.0258. The van der Waals surface area contributed by atoms with Gasteiger partial charge in [-0.3, -0.25) is 0 Å². The first-order chi connectivity index (χ1) is 7.24. The van der Waals surface area contributed by atoms with Crippen LogP contribution in [-0.2, 0) is 4.74 Å². The lowest BCUT2D eigenvalue weighted by molar-refractivity contribution is 0.109. The zero-order chi connectivity index (χ0) is 11.1. The first-order valence-electron chi connectivity index (χ1n) is 5.48. The zero-order valence-corrected chi connectivity index (χ0v) is 9.24. The van der Waals surface area contributed by atoms with Gasteiger partial charge in [0.15, 0.2) is 0 Å². The Bertz CT molecular complexity index is 199. The van der Waals surface area contributed by atoms with Crippen molar-refractivity contribution in [1.82, 2.24) is 10.2 Å². The highest BCUT2D eigenvalue weighted by molar-refractivity contribution is 5.76. The third-order valence-electron chi connectivity index (χ3n) is 2.31. The number of urea groups is 1. The van der Waals surface area contributed by atoms with Crippen molar-refractivity contribution in [2.24, 2.45) is 0 Å². The van der Waals surface area contributed by atoms with Crippen molar-refractivity contribution >= 4 is 6.03 Å². The fraction of sp³-hybridized carbons (Fsp3) is 0.900. The number of carbonyl (C=O) groups is 1. The highest BCUT2D eigenvalue weighted by atomic mass is 16.5. The van der Waals surface area contributed by atoms with E-state index in [1.807, 2.05) is 6.92 Å². The predicted octanol–water partition coefficient (Wildman–Crippen LogP) is 0.189. The van der Waals surface area contributed by atoms with Crippen LogP contribution >= 0.6 is 0 Å². The maximum Gasteiger partial charge on any atom is 0.317 e. The minimum atomic E-state index is 0.0258. The molecule has 1 rings (SSSR count). The van der Waals surface area contributed by atoms with Crippen LogP contribution in [0.25, 0.3) is 0 Å². The van der Waals surface area contributed by atoms with Gasteiger partial charge in [-0.2, -0.15) is 0 Å². The van der Waals surface area contributed by atoms with Crippen molar-refractivity contribution in [1.29, 1.82) is 0 Å². The van der Waals surface area contributed by atoms with E-state index >= 15 is 0 Å². The Balaban J connectivity index is 1.98. The quantitative estimate of drug-likeness (QED) is 0.597. The Morgan fingerprint density at radius 2 is 2.27 bits per heavy atom. The molecule has 1 heterocycles. The molecule has 0 aliphatic carbocycles. The number of aliphatic hydroxyl groups excluding tert-OH is 1. The summed E-state index contributed by atoms with van der Waals surface area (Å²) in [7, 11) is 0. The van der Waals surface area contributed by atoms with Gasteiger partial charge in [-0.15, -0.1) is 0 Å². The molecule has 0 aromatic carbocycles. The minimum Gasteiger partial charge on any atom is -0.396 e. The Morgan fingerprint density at radius 3 is 2.87 bits per heavy atom. The Hall–Kier alpha value is -0.810. The first-order valence-corrected chi connectivity index (χ1v) is 5.48. The van der Waals surface area contributed by atoms with Gasteiger partial charge in [0.25, 0.3) is 0 Å². The Labute approximate surface area is 90.4 Å². The van der Waals surface area contributed by atoms with Gasteiger partial charge in [0.05, 0.1) is 0 Å². The Kier molecular flexibility index (Phi) is 5.42. The number of rotatable bonds is 7. The molecule has 0 bridgehead atoms. The van der Waals surface area contributed by atoms with Gasteiger partial charge in [0.1, 0.15) is 0 Å². The first kappa shape index (κ1) is 12.3. The second-order valence-electron chi connectivity index (χ2n) is 3.84.